The second-order valence-electron chi connectivity index (χ2n) is 3.93. The van der Waals surface area contributed by atoms with Crippen LogP contribution in [0.15, 0.2) is 22.7 Å². The van der Waals surface area contributed by atoms with Crippen molar-refractivity contribution >= 4 is 33.1 Å². The van der Waals surface area contributed by atoms with E-state index >= 15 is 0 Å². The number of nitrogens with one attached hydrogen (secondary N) is 1. The summed E-state index contributed by atoms with van der Waals surface area (Å²) in [5.74, 6) is 0.437. The van der Waals surface area contributed by atoms with Crippen LogP contribution in [0.4, 0.5) is 0 Å². The first-order chi connectivity index (χ1) is 7.13. The van der Waals surface area contributed by atoms with Gasteiger partial charge in [0, 0.05) is 26.6 Å². The van der Waals surface area contributed by atoms with E-state index < -0.39 is 0 Å². The van der Waals surface area contributed by atoms with Crippen LogP contribution >= 0.6 is 15.9 Å². The van der Waals surface area contributed by atoms with E-state index in [0.717, 1.165) is 21.7 Å². The maximum atomic E-state index is 10.7. The number of halogens is 1. The van der Waals surface area contributed by atoms with Gasteiger partial charge in [-0.2, -0.15) is 0 Å². The molecule has 1 N–H and O–H groups in total. The lowest BCUT2D eigenvalue weighted by atomic mass is 10.1. The Labute approximate surface area is 96.8 Å². The van der Waals surface area contributed by atoms with Gasteiger partial charge in [0.05, 0.1) is 0 Å². The lowest BCUT2D eigenvalue weighted by Gasteiger charge is -2.01. The van der Waals surface area contributed by atoms with E-state index in [0.29, 0.717) is 11.5 Å². The van der Waals surface area contributed by atoms with Gasteiger partial charge in [0.1, 0.15) is 6.29 Å². The quantitative estimate of drug-likeness (QED) is 0.822. The van der Waals surface area contributed by atoms with E-state index in [1.165, 1.54) is 5.69 Å². The predicted molar refractivity (Wildman–Crippen MR) is 65.5 cm³/mol. The number of aromatic amines is 1. The largest absolute Gasteiger partial charge is 0.357 e. The van der Waals surface area contributed by atoms with Gasteiger partial charge in [-0.1, -0.05) is 13.8 Å². The molecule has 0 aliphatic rings. The van der Waals surface area contributed by atoms with E-state index in [2.05, 4.69) is 34.8 Å². The molecule has 0 bridgehead atoms. The van der Waals surface area contributed by atoms with Gasteiger partial charge >= 0.3 is 0 Å². The maximum Gasteiger partial charge on any atom is 0.150 e. The van der Waals surface area contributed by atoms with Gasteiger partial charge in [0.2, 0.25) is 0 Å². The van der Waals surface area contributed by atoms with Crippen LogP contribution in [-0.4, -0.2) is 11.3 Å². The standard InChI is InChI=1S/C12H12BrNO/c1-7(2)12-11(13)9-5-8(6-15)3-4-10(9)14-12/h3-7,14H,1-2H3. The van der Waals surface area contributed by atoms with Crippen molar-refractivity contribution in [2.45, 2.75) is 19.8 Å². The third kappa shape index (κ3) is 1.72. The molecule has 2 nitrogen and oxygen atoms in total. The molecule has 15 heavy (non-hydrogen) atoms. The minimum atomic E-state index is 0.437. The first-order valence-electron chi connectivity index (χ1n) is 4.89. The van der Waals surface area contributed by atoms with Crippen molar-refractivity contribution in [1.82, 2.24) is 4.98 Å². The molecular weight excluding hydrogens is 254 g/mol. The predicted octanol–water partition coefficient (Wildman–Crippen LogP) is 3.87. The smallest absolute Gasteiger partial charge is 0.150 e. The van der Waals surface area contributed by atoms with Gasteiger partial charge in [-0.25, -0.2) is 0 Å². The summed E-state index contributed by atoms with van der Waals surface area (Å²) in [4.78, 5) is 14.0. The molecule has 0 fully saturated rings. The van der Waals surface area contributed by atoms with Crippen LogP contribution in [0.1, 0.15) is 35.8 Å². The second-order valence-corrected chi connectivity index (χ2v) is 4.72. The number of aromatic nitrogens is 1. The Morgan fingerprint density at radius 1 is 1.40 bits per heavy atom. The van der Waals surface area contributed by atoms with E-state index in [1.54, 1.807) is 0 Å². The van der Waals surface area contributed by atoms with Gasteiger partial charge in [0.15, 0.2) is 0 Å². The van der Waals surface area contributed by atoms with E-state index in [4.69, 9.17) is 0 Å². The van der Waals surface area contributed by atoms with Crippen LogP contribution in [0.2, 0.25) is 0 Å². The summed E-state index contributed by atoms with van der Waals surface area (Å²) in [6, 6.07) is 5.66. The molecule has 1 heterocycles. The average Bonchev–Trinajstić information content (AvgIpc) is 2.56. The summed E-state index contributed by atoms with van der Waals surface area (Å²) in [5, 5.41) is 1.07. The lowest BCUT2D eigenvalue weighted by Crippen LogP contribution is -1.86. The monoisotopic (exact) mass is 265 g/mol. The molecule has 78 valence electrons. The molecule has 0 aliphatic heterocycles. The fraction of sp³-hybridized carbons (Fsp3) is 0.250. The number of hydrogen-bond acceptors (Lipinski definition) is 1. The van der Waals surface area contributed by atoms with Crippen LogP contribution in [0.5, 0.6) is 0 Å². The topological polar surface area (TPSA) is 32.9 Å². The third-order valence-corrected chi connectivity index (χ3v) is 3.35. The lowest BCUT2D eigenvalue weighted by molar-refractivity contribution is 0.112. The molecule has 0 aliphatic carbocycles. The highest BCUT2D eigenvalue weighted by atomic mass is 79.9. The minimum Gasteiger partial charge on any atom is -0.357 e. The summed E-state index contributed by atoms with van der Waals surface area (Å²) < 4.78 is 1.07. The van der Waals surface area contributed by atoms with Crippen molar-refractivity contribution < 1.29 is 4.79 Å². The molecule has 0 saturated heterocycles. The Balaban J connectivity index is 2.71. The van der Waals surface area contributed by atoms with E-state index in [1.807, 2.05) is 18.2 Å². The van der Waals surface area contributed by atoms with Crippen molar-refractivity contribution in [3.05, 3.63) is 33.9 Å². The maximum absolute atomic E-state index is 10.7. The molecule has 3 heteroatoms. The molecular formula is C12H12BrNO. The number of aldehydes is 1. The number of rotatable bonds is 2. The van der Waals surface area contributed by atoms with Gasteiger partial charge in [0.25, 0.3) is 0 Å². The number of hydrogen-bond donors (Lipinski definition) is 1. The Bertz CT molecular complexity index is 514. The van der Waals surface area contributed by atoms with Crippen molar-refractivity contribution in [2.24, 2.45) is 0 Å². The number of carbonyl (C=O) groups is 1. The number of fused-ring (bicyclic) bond motifs is 1. The highest BCUT2D eigenvalue weighted by Gasteiger charge is 2.11. The van der Waals surface area contributed by atoms with Crippen molar-refractivity contribution in [3.8, 4) is 0 Å². The molecule has 0 spiro atoms. The zero-order valence-electron chi connectivity index (χ0n) is 8.67. The molecule has 0 amide bonds. The van der Waals surface area contributed by atoms with Crippen molar-refractivity contribution in [3.63, 3.8) is 0 Å². The first kappa shape index (κ1) is 10.4. The molecule has 0 radical (unpaired) electrons. The van der Waals surface area contributed by atoms with Crippen LogP contribution in [0.25, 0.3) is 10.9 Å². The van der Waals surface area contributed by atoms with Crippen molar-refractivity contribution in [1.29, 1.82) is 0 Å². The second kappa shape index (κ2) is 3.81. The van der Waals surface area contributed by atoms with Crippen LogP contribution in [0, 0.1) is 0 Å². The van der Waals surface area contributed by atoms with E-state index in [-0.39, 0.29) is 0 Å². The van der Waals surface area contributed by atoms with Gasteiger partial charge in [-0.15, -0.1) is 0 Å². The number of H-pyrrole nitrogens is 1. The molecule has 1 aromatic carbocycles. The summed E-state index contributed by atoms with van der Waals surface area (Å²) in [6.07, 6.45) is 0.869. The SMILES string of the molecule is CC(C)c1[nH]c2ccc(C=O)cc2c1Br. The molecule has 0 atom stereocenters. The summed E-state index contributed by atoms with van der Waals surface area (Å²) in [7, 11) is 0. The molecule has 0 saturated carbocycles. The zero-order chi connectivity index (χ0) is 11.0. The zero-order valence-corrected chi connectivity index (χ0v) is 10.3. The fourth-order valence-electron chi connectivity index (χ4n) is 1.67. The molecule has 2 rings (SSSR count). The average molecular weight is 266 g/mol. The minimum absolute atomic E-state index is 0.437. The first-order valence-corrected chi connectivity index (χ1v) is 5.69. The van der Waals surface area contributed by atoms with Crippen molar-refractivity contribution in [2.75, 3.05) is 0 Å². The third-order valence-electron chi connectivity index (χ3n) is 2.50. The summed E-state index contributed by atoms with van der Waals surface area (Å²) in [6.45, 7) is 4.27. The van der Waals surface area contributed by atoms with Crippen LogP contribution < -0.4 is 0 Å². The highest BCUT2D eigenvalue weighted by molar-refractivity contribution is 9.10. The normalized spacial score (nSPS) is 11.2. The van der Waals surface area contributed by atoms with Gasteiger partial charge in [-0.3, -0.25) is 4.79 Å². The Morgan fingerprint density at radius 3 is 2.73 bits per heavy atom. The van der Waals surface area contributed by atoms with Crippen LogP contribution in [0.3, 0.4) is 0 Å². The molecule has 0 unspecified atom stereocenters. The molecule has 2 aromatic rings. The number of benzene rings is 1. The van der Waals surface area contributed by atoms with Gasteiger partial charge < -0.3 is 4.98 Å². The highest BCUT2D eigenvalue weighted by Crippen LogP contribution is 2.32. The molecule has 1 aromatic heterocycles. The van der Waals surface area contributed by atoms with Crippen LogP contribution in [-0.2, 0) is 0 Å². The fourth-order valence-corrected chi connectivity index (χ4v) is 2.55. The Morgan fingerprint density at radius 2 is 2.13 bits per heavy atom. The van der Waals surface area contributed by atoms with Gasteiger partial charge in [-0.05, 0) is 40.0 Å². The summed E-state index contributed by atoms with van der Waals surface area (Å²) >= 11 is 3.57. The summed E-state index contributed by atoms with van der Waals surface area (Å²) in [5.41, 5.74) is 2.95. The van der Waals surface area contributed by atoms with E-state index in [9.17, 15) is 4.79 Å². The number of carbonyl (C=O) groups excluding carboxylic acids is 1. The Hall–Kier alpha value is -1.09. The Kier molecular flexibility index (Phi) is 2.65.